The zero-order valence-electron chi connectivity index (χ0n) is 14.1. The third-order valence-electron chi connectivity index (χ3n) is 2.71. The molecule has 6 heteroatoms. The minimum Gasteiger partial charge on any atom is -0.491 e. The highest BCUT2D eigenvalue weighted by molar-refractivity contribution is 8.00. The summed E-state index contributed by atoms with van der Waals surface area (Å²) in [6.45, 7) is 5.15. The average Bonchev–Trinajstić information content (AvgIpc) is 2.63. The number of hydrogen-bond acceptors (Lipinski definition) is 6. The Hall–Kier alpha value is -1.92. The lowest BCUT2D eigenvalue weighted by Gasteiger charge is -2.08. The molecule has 1 aromatic carbocycles. The van der Waals surface area contributed by atoms with Gasteiger partial charge in [0.15, 0.2) is 0 Å². The molecule has 0 atom stereocenters. The predicted octanol–water partition coefficient (Wildman–Crippen LogP) is 4.29. The largest absolute Gasteiger partial charge is 0.491 e. The molecule has 126 valence electrons. The molecule has 0 aliphatic rings. The van der Waals surface area contributed by atoms with Crippen molar-refractivity contribution in [1.82, 2.24) is 4.98 Å². The Morgan fingerprint density at radius 3 is 2.35 bits per heavy atom. The number of nitrogens with one attached hydrogen (secondary N) is 2. The Balaban J connectivity index is 0.00000127. The third kappa shape index (κ3) is 7.25. The van der Waals surface area contributed by atoms with Crippen LogP contribution >= 0.6 is 11.9 Å². The fraction of sp³-hybridized carbons (Fsp3) is 0.353. The predicted molar refractivity (Wildman–Crippen MR) is 98.4 cm³/mol. The lowest BCUT2D eigenvalue weighted by Crippen LogP contribution is -2.03. The molecule has 23 heavy (non-hydrogen) atoms. The maximum absolute atomic E-state index is 5.52. The van der Waals surface area contributed by atoms with E-state index in [1.165, 1.54) is 11.9 Å². The van der Waals surface area contributed by atoms with Crippen LogP contribution in [0.25, 0.3) is 0 Å². The number of methoxy groups -OCH3 is 1. The van der Waals surface area contributed by atoms with Gasteiger partial charge < -0.3 is 19.5 Å². The van der Waals surface area contributed by atoms with E-state index in [2.05, 4.69) is 15.0 Å². The van der Waals surface area contributed by atoms with Gasteiger partial charge in [0, 0.05) is 19.1 Å². The fourth-order valence-electron chi connectivity index (χ4n) is 1.56. The van der Waals surface area contributed by atoms with Crippen molar-refractivity contribution in [2.24, 2.45) is 0 Å². The molecule has 0 aliphatic heterocycles. The maximum Gasteiger partial charge on any atom is 0.136 e. The van der Waals surface area contributed by atoms with Crippen LogP contribution in [0.4, 0.5) is 11.5 Å². The van der Waals surface area contributed by atoms with Crippen LogP contribution in [0.15, 0.2) is 47.5 Å². The molecular formula is C17H25N3O2S. The van der Waals surface area contributed by atoms with E-state index in [0.717, 1.165) is 22.2 Å². The van der Waals surface area contributed by atoms with Gasteiger partial charge in [0.05, 0.1) is 18.5 Å². The van der Waals surface area contributed by atoms with Crippen LogP contribution in [0, 0.1) is 0 Å². The van der Waals surface area contributed by atoms with Crippen molar-refractivity contribution in [2.45, 2.75) is 18.7 Å². The van der Waals surface area contributed by atoms with Gasteiger partial charge in [-0.25, -0.2) is 4.98 Å². The second-order valence-electron chi connectivity index (χ2n) is 4.20. The summed E-state index contributed by atoms with van der Waals surface area (Å²) in [4.78, 5) is 5.39. The van der Waals surface area contributed by atoms with Gasteiger partial charge in [-0.1, -0.05) is 13.8 Å². The van der Waals surface area contributed by atoms with E-state index in [4.69, 9.17) is 9.47 Å². The highest BCUT2D eigenvalue weighted by Gasteiger charge is 1.98. The van der Waals surface area contributed by atoms with E-state index < -0.39 is 0 Å². The minimum absolute atomic E-state index is 0.559. The van der Waals surface area contributed by atoms with Crippen LogP contribution < -0.4 is 14.8 Å². The Morgan fingerprint density at radius 1 is 1.04 bits per heavy atom. The monoisotopic (exact) mass is 335 g/mol. The highest BCUT2D eigenvalue weighted by Crippen LogP contribution is 2.23. The van der Waals surface area contributed by atoms with Gasteiger partial charge in [-0.15, -0.1) is 0 Å². The molecule has 0 bridgehead atoms. The molecule has 0 fully saturated rings. The van der Waals surface area contributed by atoms with Crippen molar-refractivity contribution < 1.29 is 9.47 Å². The first kappa shape index (κ1) is 19.1. The van der Waals surface area contributed by atoms with Gasteiger partial charge >= 0.3 is 0 Å². The van der Waals surface area contributed by atoms with Gasteiger partial charge in [0.1, 0.15) is 18.2 Å². The van der Waals surface area contributed by atoms with Crippen molar-refractivity contribution >= 4 is 23.5 Å². The summed E-state index contributed by atoms with van der Waals surface area (Å²) in [6.07, 6.45) is 1.79. The quantitative estimate of drug-likeness (QED) is 0.554. The molecule has 0 aliphatic carbocycles. The zero-order valence-corrected chi connectivity index (χ0v) is 14.9. The van der Waals surface area contributed by atoms with E-state index in [1.54, 1.807) is 13.3 Å². The molecule has 2 N–H and O–H groups in total. The molecule has 2 rings (SSSR count). The molecule has 5 nitrogen and oxygen atoms in total. The van der Waals surface area contributed by atoms with Crippen molar-refractivity contribution in [3.8, 4) is 5.75 Å². The average molecular weight is 335 g/mol. The van der Waals surface area contributed by atoms with E-state index in [1.807, 2.05) is 57.3 Å². The van der Waals surface area contributed by atoms with Gasteiger partial charge in [-0.2, -0.15) is 0 Å². The lowest BCUT2D eigenvalue weighted by molar-refractivity contribution is 0.146. The first-order valence-corrected chi connectivity index (χ1v) is 8.42. The van der Waals surface area contributed by atoms with E-state index in [0.29, 0.717) is 13.2 Å². The normalized spacial score (nSPS) is 9.57. The summed E-state index contributed by atoms with van der Waals surface area (Å²) in [5.41, 5.74) is 0.989. The van der Waals surface area contributed by atoms with Gasteiger partial charge in [-0.05, 0) is 48.3 Å². The molecular weight excluding hydrogens is 310 g/mol. The molecule has 2 aromatic rings. The molecule has 1 heterocycles. The number of aromatic nitrogens is 1. The number of benzene rings is 1. The van der Waals surface area contributed by atoms with Crippen LogP contribution in [-0.2, 0) is 4.74 Å². The number of rotatable bonds is 8. The second-order valence-corrected chi connectivity index (χ2v) is 5.08. The number of ether oxygens (including phenoxy) is 2. The van der Waals surface area contributed by atoms with Gasteiger partial charge in [0.2, 0.25) is 0 Å². The Bertz CT molecular complexity index is 533. The Kier molecular flexibility index (Phi) is 9.66. The van der Waals surface area contributed by atoms with Crippen molar-refractivity contribution in [3.63, 3.8) is 0 Å². The number of pyridine rings is 1. The zero-order chi connectivity index (χ0) is 16.9. The molecule has 1 aromatic heterocycles. The third-order valence-corrected chi connectivity index (χ3v) is 3.52. The summed E-state index contributed by atoms with van der Waals surface area (Å²) in [5.74, 6) is 1.66. The standard InChI is InChI=1S/C15H19N3O2S.C2H6/c1-16-12-3-8-15(17-11-12)18-21-14-6-4-13(5-7-14)20-10-9-19-2;1-2/h3-8,11,16H,9-10H2,1-2H3,(H,17,18);1-2H3. The van der Waals surface area contributed by atoms with Crippen LogP contribution in [0.1, 0.15) is 13.8 Å². The molecule has 0 spiro atoms. The number of anilines is 2. The molecule has 0 amide bonds. The number of nitrogens with zero attached hydrogens (tertiary/aromatic N) is 1. The SMILES string of the molecule is CC.CNc1ccc(NSc2ccc(OCCOC)cc2)nc1. The van der Waals surface area contributed by atoms with Crippen molar-refractivity contribution in [3.05, 3.63) is 42.6 Å². The molecule has 0 radical (unpaired) electrons. The van der Waals surface area contributed by atoms with Crippen LogP contribution in [0.5, 0.6) is 5.75 Å². The maximum atomic E-state index is 5.52. The highest BCUT2D eigenvalue weighted by atomic mass is 32.2. The molecule has 0 saturated heterocycles. The summed E-state index contributed by atoms with van der Waals surface area (Å²) >= 11 is 1.51. The van der Waals surface area contributed by atoms with Gasteiger partial charge in [0.25, 0.3) is 0 Å². The van der Waals surface area contributed by atoms with E-state index in [9.17, 15) is 0 Å². The van der Waals surface area contributed by atoms with Crippen molar-refractivity contribution in [1.29, 1.82) is 0 Å². The van der Waals surface area contributed by atoms with Crippen LogP contribution in [0.3, 0.4) is 0 Å². The summed E-state index contributed by atoms with van der Waals surface area (Å²) < 4.78 is 13.7. The Labute approximate surface area is 142 Å². The van der Waals surface area contributed by atoms with Gasteiger partial charge in [-0.3, -0.25) is 0 Å². The first-order valence-electron chi connectivity index (χ1n) is 7.60. The molecule has 0 unspecified atom stereocenters. The van der Waals surface area contributed by atoms with Crippen molar-refractivity contribution in [2.75, 3.05) is 37.4 Å². The fourth-order valence-corrected chi connectivity index (χ4v) is 2.18. The molecule has 0 saturated carbocycles. The topological polar surface area (TPSA) is 55.4 Å². The minimum atomic E-state index is 0.559. The van der Waals surface area contributed by atoms with Crippen LogP contribution in [0.2, 0.25) is 0 Å². The summed E-state index contributed by atoms with van der Waals surface area (Å²) in [5, 5.41) is 3.04. The summed E-state index contributed by atoms with van der Waals surface area (Å²) in [6, 6.07) is 11.8. The lowest BCUT2D eigenvalue weighted by atomic mass is 10.3. The number of hydrogen-bond donors (Lipinski definition) is 2. The van der Waals surface area contributed by atoms with Crippen LogP contribution in [-0.4, -0.2) is 32.4 Å². The summed E-state index contributed by atoms with van der Waals surface area (Å²) in [7, 11) is 3.53. The smallest absolute Gasteiger partial charge is 0.136 e. The second kappa shape index (κ2) is 11.6. The Morgan fingerprint density at radius 2 is 1.78 bits per heavy atom. The first-order chi connectivity index (χ1) is 11.3. The van der Waals surface area contributed by atoms with E-state index in [-0.39, 0.29) is 0 Å². The van der Waals surface area contributed by atoms with E-state index >= 15 is 0 Å².